The van der Waals surface area contributed by atoms with Gasteiger partial charge in [0, 0.05) is 19.6 Å². The summed E-state index contributed by atoms with van der Waals surface area (Å²) in [6.07, 6.45) is 1.04. The Hall–Kier alpha value is -1.06. The lowest BCUT2D eigenvalue weighted by Gasteiger charge is -2.28. The van der Waals surface area contributed by atoms with Gasteiger partial charge in [-0.25, -0.2) is 0 Å². The number of hydrogen-bond acceptors (Lipinski definition) is 3. The number of rotatable bonds is 9. The Balaban J connectivity index is 2.41. The zero-order chi connectivity index (χ0) is 15.0. The van der Waals surface area contributed by atoms with E-state index in [2.05, 4.69) is 63.3 Å². The number of benzene rings is 1. The van der Waals surface area contributed by atoms with E-state index >= 15 is 0 Å². The van der Waals surface area contributed by atoms with Crippen molar-refractivity contribution in [1.82, 2.24) is 10.2 Å². The summed E-state index contributed by atoms with van der Waals surface area (Å²) in [6.45, 7) is 10.5. The standard InChI is InChI=1S/C17H30N2O/c1-6-10-20-16-9-7-8-15(11-16)12-18-13-17(2,3)14-19(4)5/h7-9,11,18H,6,10,12-14H2,1-5H3. The first-order valence-electron chi connectivity index (χ1n) is 7.50. The van der Waals surface area contributed by atoms with Crippen LogP contribution in [0.3, 0.4) is 0 Å². The quantitative estimate of drug-likeness (QED) is 0.751. The third-order valence-corrected chi connectivity index (χ3v) is 3.05. The fraction of sp³-hybridized carbons (Fsp3) is 0.647. The van der Waals surface area contributed by atoms with Crippen LogP contribution in [0.25, 0.3) is 0 Å². The second-order valence-electron chi connectivity index (χ2n) is 6.50. The predicted molar refractivity (Wildman–Crippen MR) is 86.3 cm³/mol. The molecule has 20 heavy (non-hydrogen) atoms. The molecule has 0 amide bonds. The minimum atomic E-state index is 0.278. The molecule has 3 nitrogen and oxygen atoms in total. The third kappa shape index (κ3) is 6.92. The molecular weight excluding hydrogens is 248 g/mol. The third-order valence-electron chi connectivity index (χ3n) is 3.05. The second kappa shape index (κ2) is 8.28. The minimum Gasteiger partial charge on any atom is -0.494 e. The highest BCUT2D eigenvalue weighted by Crippen LogP contribution is 2.16. The van der Waals surface area contributed by atoms with Crippen molar-refractivity contribution in [3.05, 3.63) is 29.8 Å². The van der Waals surface area contributed by atoms with Crippen molar-refractivity contribution in [1.29, 1.82) is 0 Å². The summed E-state index contributed by atoms with van der Waals surface area (Å²) in [6, 6.07) is 8.36. The highest BCUT2D eigenvalue weighted by atomic mass is 16.5. The zero-order valence-electron chi connectivity index (χ0n) is 13.7. The SMILES string of the molecule is CCCOc1cccc(CNCC(C)(C)CN(C)C)c1. The largest absolute Gasteiger partial charge is 0.494 e. The van der Waals surface area contributed by atoms with E-state index in [1.165, 1.54) is 5.56 Å². The van der Waals surface area contributed by atoms with Gasteiger partial charge in [-0.2, -0.15) is 0 Å². The van der Waals surface area contributed by atoms with Crippen LogP contribution >= 0.6 is 0 Å². The molecule has 0 aliphatic carbocycles. The maximum Gasteiger partial charge on any atom is 0.119 e. The average molecular weight is 278 g/mol. The smallest absolute Gasteiger partial charge is 0.119 e. The molecule has 1 aromatic rings. The van der Waals surface area contributed by atoms with Gasteiger partial charge < -0.3 is 15.0 Å². The molecule has 0 saturated heterocycles. The van der Waals surface area contributed by atoms with Gasteiger partial charge >= 0.3 is 0 Å². The van der Waals surface area contributed by atoms with Gasteiger partial charge in [0.25, 0.3) is 0 Å². The van der Waals surface area contributed by atoms with Crippen LogP contribution in [0.15, 0.2) is 24.3 Å². The molecule has 114 valence electrons. The fourth-order valence-electron chi connectivity index (χ4n) is 2.42. The fourth-order valence-corrected chi connectivity index (χ4v) is 2.42. The van der Waals surface area contributed by atoms with E-state index in [-0.39, 0.29) is 5.41 Å². The van der Waals surface area contributed by atoms with Crippen molar-refractivity contribution in [2.45, 2.75) is 33.7 Å². The van der Waals surface area contributed by atoms with E-state index in [4.69, 9.17) is 4.74 Å². The van der Waals surface area contributed by atoms with Gasteiger partial charge in [0.15, 0.2) is 0 Å². The summed E-state index contributed by atoms with van der Waals surface area (Å²) >= 11 is 0. The minimum absolute atomic E-state index is 0.278. The van der Waals surface area contributed by atoms with E-state index in [1.54, 1.807) is 0 Å². The van der Waals surface area contributed by atoms with Gasteiger partial charge in [-0.1, -0.05) is 32.9 Å². The van der Waals surface area contributed by atoms with Crippen LogP contribution in [0, 0.1) is 5.41 Å². The molecule has 0 fully saturated rings. The lowest BCUT2D eigenvalue weighted by Crippen LogP contribution is -2.37. The van der Waals surface area contributed by atoms with Gasteiger partial charge in [-0.15, -0.1) is 0 Å². The van der Waals surface area contributed by atoms with Crippen molar-refractivity contribution < 1.29 is 4.74 Å². The maximum absolute atomic E-state index is 5.66. The Labute approximate surface area is 124 Å². The summed E-state index contributed by atoms with van der Waals surface area (Å²) in [4.78, 5) is 2.24. The first kappa shape index (κ1) is 17.0. The molecule has 0 aliphatic heterocycles. The highest BCUT2D eigenvalue weighted by Gasteiger charge is 2.18. The summed E-state index contributed by atoms with van der Waals surface area (Å²) in [5.74, 6) is 0.971. The topological polar surface area (TPSA) is 24.5 Å². The normalized spacial score (nSPS) is 11.9. The van der Waals surface area contributed by atoms with Gasteiger partial charge in [-0.05, 0) is 43.6 Å². The first-order valence-corrected chi connectivity index (χ1v) is 7.50. The van der Waals surface area contributed by atoms with Crippen LogP contribution in [0.5, 0.6) is 5.75 Å². The number of nitrogens with one attached hydrogen (secondary N) is 1. The summed E-state index contributed by atoms with van der Waals surface area (Å²) in [5.41, 5.74) is 1.55. The molecule has 0 radical (unpaired) electrons. The van der Waals surface area contributed by atoms with Gasteiger partial charge in [0.1, 0.15) is 5.75 Å². The lowest BCUT2D eigenvalue weighted by molar-refractivity contribution is 0.232. The molecule has 0 aromatic heterocycles. The average Bonchev–Trinajstić information content (AvgIpc) is 2.35. The molecule has 0 aliphatic rings. The first-order chi connectivity index (χ1) is 9.43. The Bertz CT molecular complexity index is 388. The molecule has 0 heterocycles. The van der Waals surface area contributed by atoms with E-state index in [0.717, 1.165) is 38.4 Å². The lowest BCUT2D eigenvalue weighted by atomic mass is 9.93. The van der Waals surface area contributed by atoms with Crippen LogP contribution < -0.4 is 10.1 Å². The second-order valence-corrected chi connectivity index (χ2v) is 6.50. The molecule has 0 spiro atoms. The molecule has 0 bridgehead atoms. The molecule has 3 heteroatoms. The highest BCUT2D eigenvalue weighted by molar-refractivity contribution is 5.28. The van der Waals surface area contributed by atoms with Crippen LogP contribution in [-0.4, -0.2) is 38.7 Å². The summed E-state index contributed by atoms with van der Waals surface area (Å²) in [5, 5.41) is 3.55. The van der Waals surface area contributed by atoms with E-state index in [0.29, 0.717) is 0 Å². The van der Waals surface area contributed by atoms with Crippen LogP contribution in [0.1, 0.15) is 32.8 Å². The van der Waals surface area contributed by atoms with Crippen molar-refractivity contribution in [3.8, 4) is 5.75 Å². The van der Waals surface area contributed by atoms with Crippen LogP contribution in [0.4, 0.5) is 0 Å². The van der Waals surface area contributed by atoms with Gasteiger partial charge in [0.05, 0.1) is 6.61 Å². The van der Waals surface area contributed by atoms with Crippen LogP contribution in [-0.2, 0) is 6.54 Å². The molecule has 0 saturated carbocycles. The monoisotopic (exact) mass is 278 g/mol. The number of hydrogen-bond donors (Lipinski definition) is 1. The Morgan fingerprint density at radius 3 is 2.65 bits per heavy atom. The van der Waals surface area contributed by atoms with Crippen LogP contribution in [0.2, 0.25) is 0 Å². The van der Waals surface area contributed by atoms with Gasteiger partial charge in [-0.3, -0.25) is 0 Å². The van der Waals surface area contributed by atoms with Gasteiger partial charge in [0.2, 0.25) is 0 Å². The van der Waals surface area contributed by atoms with Crippen molar-refractivity contribution in [2.24, 2.45) is 5.41 Å². The Kier molecular flexibility index (Phi) is 7.03. The number of nitrogens with zero attached hydrogens (tertiary/aromatic N) is 1. The Morgan fingerprint density at radius 1 is 1.25 bits per heavy atom. The molecule has 0 atom stereocenters. The Morgan fingerprint density at radius 2 is 2.00 bits per heavy atom. The predicted octanol–water partition coefficient (Wildman–Crippen LogP) is 3.15. The molecule has 1 aromatic carbocycles. The number of ether oxygens (including phenoxy) is 1. The van der Waals surface area contributed by atoms with E-state index in [1.807, 2.05) is 6.07 Å². The molecule has 1 rings (SSSR count). The van der Waals surface area contributed by atoms with E-state index < -0.39 is 0 Å². The van der Waals surface area contributed by atoms with Crippen molar-refractivity contribution in [2.75, 3.05) is 33.8 Å². The van der Waals surface area contributed by atoms with Crippen molar-refractivity contribution in [3.63, 3.8) is 0 Å². The zero-order valence-corrected chi connectivity index (χ0v) is 13.7. The van der Waals surface area contributed by atoms with Crippen molar-refractivity contribution >= 4 is 0 Å². The molecular formula is C17H30N2O. The molecule has 0 unspecified atom stereocenters. The summed E-state index contributed by atoms with van der Waals surface area (Å²) < 4.78 is 5.66. The van der Waals surface area contributed by atoms with E-state index in [9.17, 15) is 0 Å². The maximum atomic E-state index is 5.66. The molecule has 1 N–H and O–H groups in total. The summed E-state index contributed by atoms with van der Waals surface area (Å²) in [7, 11) is 4.24.